The van der Waals surface area contributed by atoms with Crippen molar-refractivity contribution < 1.29 is 0 Å². The smallest absolute Gasteiger partial charge is 0.0895 e. The van der Waals surface area contributed by atoms with Crippen LogP contribution in [0.2, 0.25) is 0 Å². The number of hydrogen-bond acceptors (Lipinski definition) is 2. The Hall–Kier alpha value is -2.74. The molecule has 2 nitrogen and oxygen atoms in total. The Morgan fingerprint density at radius 3 is 1.70 bits per heavy atom. The maximum atomic E-state index is 4.48. The van der Waals surface area contributed by atoms with Crippen molar-refractivity contribution in [3.8, 4) is 0 Å². The average molecular weight is 298 g/mol. The molecule has 0 radical (unpaired) electrons. The molecule has 0 aromatic heterocycles. The van der Waals surface area contributed by atoms with Crippen LogP contribution in [0.25, 0.3) is 0 Å². The maximum Gasteiger partial charge on any atom is 0.0895 e. The highest BCUT2D eigenvalue weighted by molar-refractivity contribution is 5.60. The Kier molecular flexibility index (Phi) is 3.51. The second-order valence-corrected chi connectivity index (χ2v) is 5.99. The molecular weight excluding hydrogens is 280 g/mol. The fourth-order valence-electron chi connectivity index (χ4n) is 3.45. The second kappa shape index (κ2) is 5.81. The molecule has 1 heterocycles. The molecule has 3 aromatic rings. The van der Waals surface area contributed by atoms with Crippen molar-refractivity contribution >= 4 is 11.4 Å². The van der Waals surface area contributed by atoms with Crippen LogP contribution in [-0.4, -0.2) is 0 Å². The highest BCUT2D eigenvalue weighted by Gasteiger charge is 2.28. The Balaban J connectivity index is 1.92. The lowest BCUT2D eigenvalue weighted by Crippen LogP contribution is -2.10. The lowest BCUT2D eigenvalue weighted by atomic mass is 9.77. The zero-order valence-electron chi connectivity index (χ0n) is 13.1. The van der Waals surface area contributed by atoms with Crippen molar-refractivity contribution in [1.82, 2.24) is 0 Å². The van der Waals surface area contributed by atoms with Gasteiger partial charge in [0.1, 0.15) is 0 Å². The van der Waals surface area contributed by atoms with Gasteiger partial charge in [0.05, 0.1) is 11.4 Å². The number of nitrogens with zero attached hydrogens (tertiary/aromatic N) is 2. The van der Waals surface area contributed by atoms with Gasteiger partial charge in [-0.2, -0.15) is 10.2 Å². The zero-order chi connectivity index (χ0) is 15.6. The van der Waals surface area contributed by atoms with Crippen molar-refractivity contribution in [3.63, 3.8) is 0 Å². The number of hydrogen-bond donors (Lipinski definition) is 0. The predicted octanol–water partition coefficient (Wildman–Crippen LogP) is 6.35. The third-order valence-corrected chi connectivity index (χ3v) is 4.63. The van der Waals surface area contributed by atoms with Gasteiger partial charge in [0, 0.05) is 5.92 Å². The van der Waals surface area contributed by atoms with E-state index in [9.17, 15) is 0 Å². The van der Waals surface area contributed by atoms with Crippen molar-refractivity contribution in [2.24, 2.45) is 10.2 Å². The number of fused-ring (bicyclic) bond motifs is 2. The lowest BCUT2D eigenvalue weighted by molar-refractivity contribution is 0.661. The molecule has 23 heavy (non-hydrogen) atoms. The Labute approximate surface area is 136 Å². The van der Waals surface area contributed by atoms with Gasteiger partial charge in [-0.05, 0) is 34.7 Å². The van der Waals surface area contributed by atoms with Gasteiger partial charge in [-0.3, -0.25) is 0 Å². The first kappa shape index (κ1) is 13.9. The zero-order valence-corrected chi connectivity index (χ0v) is 13.1. The molecule has 3 aromatic carbocycles. The highest BCUT2D eigenvalue weighted by Crippen LogP contribution is 2.47. The normalized spacial score (nSPS) is 14.7. The van der Waals surface area contributed by atoms with Gasteiger partial charge < -0.3 is 0 Å². The molecule has 0 saturated heterocycles. The van der Waals surface area contributed by atoms with Crippen LogP contribution >= 0.6 is 0 Å². The molecule has 0 bridgehead atoms. The molecular formula is C21H18N2. The van der Waals surface area contributed by atoms with Gasteiger partial charge in [0.25, 0.3) is 0 Å². The summed E-state index contributed by atoms with van der Waals surface area (Å²) in [6.45, 7) is 2.29. The number of azo groups is 1. The first-order chi connectivity index (χ1) is 11.3. The summed E-state index contributed by atoms with van der Waals surface area (Å²) in [5.74, 6) is 0.599. The van der Waals surface area contributed by atoms with E-state index in [1.54, 1.807) is 0 Å². The molecule has 1 aliphatic rings. The van der Waals surface area contributed by atoms with Crippen molar-refractivity contribution in [2.75, 3.05) is 0 Å². The van der Waals surface area contributed by atoms with Gasteiger partial charge in [-0.1, -0.05) is 73.7 Å². The fourth-order valence-corrected chi connectivity index (χ4v) is 3.45. The van der Waals surface area contributed by atoms with E-state index in [2.05, 4.69) is 83.9 Å². The minimum Gasteiger partial charge on any atom is -0.150 e. The van der Waals surface area contributed by atoms with Crippen LogP contribution in [0.1, 0.15) is 35.4 Å². The molecule has 0 spiro atoms. The summed E-state index contributed by atoms with van der Waals surface area (Å²) in [4.78, 5) is 0. The quantitative estimate of drug-likeness (QED) is 0.526. The Bertz CT molecular complexity index is 803. The van der Waals surface area contributed by atoms with Crippen molar-refractivity contribution in [1.29, 1.82) is 0 Å². The Morgan fingerprint density at radius 2 is 1.13 bits per heavy atom. The molecule has 4 rings (SSSR count). The monoisotopic (exact) mass is 298 g/mol. The topological polar surface area (TPSA) is 24.7 Å². The van der Waals surface area contributed by atoms with Crippen LogP contribution in [0.5, 0.6) is 0 Å². The summed E-state index contributed by atoms with van der Waals surface area (Å²) >= 11 is 0. The van der Waals surface area contributed by atoms with Crippen molar-refractivity contribution in [2.45, 2.75) is 18.8 Å². The third-order valence-electron chi connectivity index (χ3n) is 4.63. The van der Waals surface area contributed by atoms with Crippen LogP contribution in [0.15, 0.2) is 89.1 Å². The summed E-state index contributed by atoms with van der Waals surface area (Å²) in [5, 5.41) is 8.96. The summed E-state index contributed by atoms with van der Waals surface area (Å²) in [6, 6.07) is 27.4. The molecule has 112 valence electrons. The minimum absolute atomic E-state index is 0.250. The highest BCUT2D eigenvalue weighted by atomic mass is 15.1. The summed E-state index contributed by atoms with van der Waals surface area (Å²) in [5.41, 5.74) is 5.77. The molecule has 0 saturated carbocycles. The van der Waals surface area contributed by atoms with Crippen LogP contribution in [0.4, 0.5) is 11.4 Å². The van der Waals surface area contributed by atoms with Crippen LogP contribution in [0.3, 0.4) is 0 Å². The minimum atomic E-state index is 0.250. The number of benzene rings is 3. The van der Waals surface area contributed by atoms with Crippen LogP contribution in [-0.2, 0) is 0 Å². The molecule has 1 atom stereocenters. The molecule has 0 amide bonds. The average Bonchev–Trinajstić information content (AvgIpc) is 2.79. The first-order valence-electron chi connectivity index (χ1n) is 7.99. The van der Waals surface area contributed by atoms with Gasteiger partial charge in [-0.15, -0.1) is 0 Å². The van der Waals surface area contributed by atoms with Crippen LogP contribution < -0.4 is 0 Å². The van der Waals surface area contributed by atoms with Gasteiger partial charge >= 0.3 is 0 Å². The van der Waals surface area contributed by atoms with E-state index in [0.29, 0.717) is 5.92 Å². The van der Waals surface area contributed by atoms with Gasteiger partial charge in [-0.25, -0.2) is 0 Å². The van der Waals surface area contributed by atoms with E-state index >= 15 is 0 Å². The lowest BCUT2D eigenvalue weighted by Gasteiger charge is -2.26. The van der Waals surface area contributed by atoms with E-state index < -0.39 is 0 Å². The summed E-state index contributed by atoms with van der Waals surface area (Å²) < 4.78 is 0. The largest absolute Gasteiger partial charge is 0.150 e. The molecule has 1 aliphatic heterocycles. The number of rotatable bonds is 2. The predicted molar refractivity (Wildman–Crippen MR) is 93.8 cm³/mol. The van der Waals surface area contributed by atoms with E-state index in [4.69, 9.17) is 0 Å². The Morgan fingerprint density at radius 1 is 0.652 bits per heavy atom. The second-order valence-electron chi connectivity index (χ2n) is 5.99. The standard InChI is InChI=1S/C21H18N2/c1-15(16-9-3-2-4-10-16)21-17-11-5-7-13-19(17)22-23-20-14-8-6-12-18(20)21/h2-15,21H,1H3. The van der Waals surface area contributed by atoms with Gasteiger partial charge in [0.15, 0.2) is 0 Å². The molecule has 0 fully saturated rings. The van der Waals surface area contributed by atoms with Crippen LogP contribution in [0, 0.1) is 0 Å². The third kappa shape index (κ3) is 2.46. The van der Waals surface area contributed by atoms with E-state index in [1.807, 2.05) is 12.1 Å². The molecule has 1 unspecified atom stereocenters. The van der Waals surface area contributed by atoms with E-state index in [0.717, 1.165) is 11.4 Å². The molecule has 2 heteroatoms. The fraction of sp³-hybridized carbons (Fsp3) is 0.143. The molecule has 0 N–H and O–H groups in total. The summed E-state index contributed by atoms with van der Waals surface area (Å²) in [7, 11) is 0. The van der Waals surface area contributed by atoms with Gasteiger partial charge in [0.2, 0.25) is 0 Å². The maximum absolute atomic E-state index is 4.48. The van der Waals surface area contributed by atoms with E-state index in [-0.39, 0.29) is 5.92 Å². The SMILES string of the molecule is CC(c1ccccc1)C1c2ccccc2N=Nc2ccccc21. The van der Waals surface area contributed by atoms with E-state index in [1.165, 1.54) is 16.7 Å². The molecule has 0 aliphatic carbocycles. The summed E-state index contributed by atoms with van der Waals surface area (Å²) in [6.07, 6.45) is 0. The van der Waals surface area contributed by atoms with Crippen molar-refractivity contribution in [3.05, 3.63) is 95.6 Å². The first-order valence-corrected chi connectivity index (χ1v) is 7.99.